The number of methoxy groups -OCH3 is 1. The van der Waals surface area contributed by atoms with E-state index in [1.807, 2.05) is 0 Å². The SMILES string of the molecule is COCC1(C(=O)NC2CCC(C(F)(F)F)CC2)CCNCC1. The van der Waals surface area contributed by atoms with E-state index in [2.05, 4.69) is 10.6 Å². The predicted molar refractivity (Wildman–Crippen MR) is 76.4 cm³/mol. The molecular formula is C15H25F3N2O2. The minimum absolute atomic E-state index is 0.0636. The molecule has 0 atom stereocenters. The smallest absolute Gasteiger partial charge is 0.384 e. The number of carbonyl (C=O) groups is 1. The van der Waals surface area contributed by atoms with Crippen molar-refractivity contribution in [2.45, 2.75) is 50.7 Å². The highest BCUT2D eigenvalue weighted by Crippen LogP contribution is 2.38. The minimum Gasteiger partial charge on any atom is -0.384 e. The molecule has 0 aromatic carbocycles. The van der Waals surface area contributed by atoms with E-state index < -0.39 is 17.5 Å². The summed E-state index contributed by atoms with van der Waals surface area (Å²) in [6.07, 6.45) is -1.70. The van der Waals surface area contributed by atoms with Gasteiger partial charge in [0.1, 0.15) is 0 Å². The number of piperidine rings is 1. The normalized spacial score (nSPS) is 29.1. The highest BCUT2D eigenvalue weighted by Gasteiger charge is 2.44. The second-order valence-electron chi connectivity index (χ2n) is 6.53. The zero-order chi connectivity index (χ0) is 16.2. The molecule has 0 unspecified atom stereocenters. The number of hydrogen-bond donors (Lipinski definition) is 2. The quantitative estimate of drug-likeness (QED) is 0.834. The molecule has 0 radical (unpaired) electrons. The Morgan fingerprint density at radius 2 is 1.82 bits per heavy atom. The summed E-state index contributed by atoms with van der Waals surface area (Å²) in [5, 5.41) is 6.19. The molecule has 2 rings (SSSR count). The van der Waals surface area contributed by atoms with Gasteiger partial charge in [0.15, 0.2) is 0 Å². The largest absolute Gasteiger partial charge is 0.391 e. The summed E-state index contributed by atoms with van der Waals surface area (Å²) in [6, 6.07) is -0.144. The minimum atomic E-state index is -4.11. The third-order valence-electron chi connectivity index (χ3n) is 4.99. The second-order valence-corrected chi connectivity index (χ2v) is 6.53. The van der Waals surface area contributed by atoms with E-state index in [4.69, 9.17) is 4.74 Å². The maximum Gasteiger partial charge on any atom is 0.391 e. The average molecular weight is 322 g/mol. The number of alkyl halides is 3. The fraction of sp³-hybridized carbons (Fsp3) is 0.933. The van der Waals surface area contributed by atoms with Crippen molar-refractivity contribution in [1.82, 2.24) is 10.6 Å². The van der Waals surface area contributed by atoms with Gasteiger partial charge in [-0.1, -0.05) is 0 Å². The van der Waals surface area contributed by atoms with Crippen molar-refractivity contribution in [3.63, 3.8) is 0 Å². The fourth-order valence-electron chi connectivity index (χ4n) is 3.52. The van der Waals surface area contributed by atoms with Gasteiger partial charge in [0.05, 0.1) is 17.9 Å². The molecule has 2 N–H and O–H groups in total. The lowest BCUT2D eigenvalue weighted by atomic mass is 9.78. The molecule has 1 saturated carbocycles. The lowest BCUT2D eigenvalue weighted by Gasteiger charge is -2.38. The Balaban J connectivity index is 1.89. The number of halogens is 3. The molecule has 128 valence electrons. The van der Waals surface area contributed by atoms with Crippen molar-refractivity contribution in [2.75, 3.05) is 26.8 Å². The Hall–Kier alpha value is -0.820. The van der Waals surface area contributed by atoms with Crippen LogP contribution in [0.4, 0.5) is 13.2 Å². The van der Waals surface area contributed by atoms with E-state index in [1.165, 1.54) is 0 Å². The number of carbonyl (C=O) groups excluding carboxylic acids is 1. The third-order valence-corrected chi connectivity index (χ3v) is 4.99. The van der Waals surface area contributed by atoms with Crippen LogP contribution < -0.4 is 10.6 Å². The van der Waals surface area contributed by atoms with Crippen LogP contribution in [0.3, 0.4) is 0 Å². The van der Waals surface area contributed by atoms with Crippen molar-refractivity contribution in [3.8, 4) is 0 Å². The van der Waals surface area contributed by atoms with Crippen molar-refractivity contribution >= 4 is 5.91 Å². The summed E-state index contributed by atoms with van der Waals surface area (Å²) in [5.74, 6) is -1.28. The fourth-order valence-corrected chi connectivity index (χ4v) is 3.52. The standard InChI is InChI=1S/C15H25F3N2O2/c1-22-10-14(6-8-19-9-7-14)13(21)20-12-4-2-11(3-5-12)15(16,17)18/h11-12,19H,2-10H2,1H3,(H,20,21). The van der Waals surface area contributed by atoms with Crippen LogP contribution in [0.15, 0.2) is 0 Å². The Morgan fingerprint density at radius 1 is 1.23 bits per heavy atom. The molecule has 4 nitrogen and oxygen atoms in total. The zero-order valence-electron chi connectivity index (χ0n) is 13.0. The molecule has 1 aliphatic carbocycles. The van der Waals surface area contributed by atoms with Crippen molar-refractivity contribution in [3.05, 3.63) is 0 Å². The van der Waals surface area contributed by atoms with Crippen molar-refractivity contribution in [2.24, 2.45) is 11.3 Å². The van der Waals surface area contributed by atoms with E-state index in [0.29, 0.717) is 32.3 Å². The molecule has 2 fully saturated rings. The first-order valence-electron chi connectivity index (χ1n) is 7.95. The van der Waals surface area contributed by atoms with Gasteiger partial charge in [0.2, 0.25) is 5.91 Å². The number of amides is 1. The number of hydrogen-bond acceptors (Lipinski definition) is 3. The number of ether oxygens (including phenoxy) is 1. The lowest BCUT2D eigenvalue weighted by Crippen LogP contribution is -2.53. The van der Waals surface area contributed by atoms with Gasteiger partial charge in [-0.15, -0.1) is 0 Å². The molecule has 1 aliphatic heterocycles. The Kier molecular flexibility index (Phi) is 5.71. The first-order valence-corrected chi connectivity index (χ1v) is 7.95. The monoisotopic (exact) mass is 322 g/mol. The molecule has 7 heteroatoms. The Labute approximate surface area is 129 Å². The summed E-state index contributed by atoms with van der Waals surface area (Å²) >= 11 is 0. The topological polar surface area (TPSA) is 50.4 Å². The maximum absolute atomic E-state index is 12.7. The van der Waals surface area contributed by atoms with E-state index in [1.54, 1.807) is 7.11 Å². The molecule has 0 aromatic heterocycles. The molecule has 1 heterocycles. The first kappa shape index (κ1) is 17.5. The van der Waals surface area contributed by atoms with Gasteiger partial charge in [0.25, 0.3) is 0 Å². The van der Waals surface area contributed by atoms with Crippen LogP contribution in [0.1, 0.15) is 38.5 Å². The van der Waals surface area contributed by atoms with Gasteiger partial charge in [-0.2, -0.15) is 13.2 Å². The zero-order valence-corrected chi connectivity index (χ0v) is 13.0. The summed E-state index contributed by atoms with van der Waals surface area (Å²) in [6.45, 7) is 1.88. The van der Waals surface area contributed by atoms with Crippen LogP contribution in [0.5, 0.6) is 0 Å². The van der Waals surface area contributed by atoms with E-state index in [0.717, 1.165) is 13.1 Å². The number of nitrogens with one attached hydrogen (secondary N) is 2. The van der Waals surface area contributed by atoms with Gasteiger partial charge < -0.3 is 15.4 Å². The predicted octanol–water partition coefficient (Wildman–Crippen LogP) is 2.24. The molecule has 1 saturated heterocycles. The summed E-state index contributed by atoms with van der Waals surface area (Å²) in [7, 11) is 1.58. The van der Waals surface area contributed by atoms with E-state index >= 15 is 0 Å². The molecule has 1 amide bonds. The van der Waals surface area contributed by atoms with Crippen LogP contribution in [-0.2, 0) is 9.53 Å². The summed E-state index contributed by atoms with van der Waals surface area (Å²) in [5.41, 5.74) is -0.541. The maximum atomic E-state index is 12.7. The second kappa shape index (κ2) is 7.17. The average Bonchev–Trinajstić information content (AvgIpc) is 2.48. The van der Waals surface area contributed by atoms with Crippen LogP contribution in [0.25, 0.3) is 0 Å². The van der Waals surface area contributed by atoms with Gasteiger partial charge in [-0.3, -0.25) is 4.79 Å². The molecule has 22 heavy (non-hydrogen) atoms. The third kappa shape index (κ3) is 4.13. The summed E-state index contributed by atoms with van der Waals surface area (Å²) in [4.78, 5) is 12.6. The van der Waals surface area contributed by atoms with E-state index in [-0.39, 0.29) is 24.8 Å². The highest BCUT2D eigenvalue weighted by molar-refractivity contribution is 5.83. The van der Waals surface area contributed by atoms with Gasteiger partial charge in [-0.05, 0) is 51.6 Å². The van der Waals surface area contributed by atoms with E-state index in [9.17, 15) is 18.0 Å². The molecule has 0 spiro atoms. The number of rotatable bonds is 4. The summed E-state index contributed by atoms with van der Waals surface area (Å²) < 4.78 is 43.2. The lowest BCUT2D eigenvalue weighted by molar-refractivity contribution is -0.182. The van der Waals surface area contributed by atoms with Crippen LogP contribution in [0.2, 0.25) is 0 Å². The molecule has 2 aliphatic rings. The van der Waals surface area contributed by atoms with Crippen molar-refractivity contribution < 1.29 is 22.7 Å². The van der Waals surface area contributed by atoms with Crippen LogP contribution in [0, 0.1) is 11.3 Å². The van der Waals surface area contributed by atoms with Crippen LogP contribution in [-0.4, -0.2) is 44.9 Å². The van der Waals surface area contributed by atoms with Gasteiger partial charge in [0, 0.05) is 13.2 Å². The Morgan fingerprint density at radius 3 is 2.32 bits per heavy atom. The highest BCUT2D eigenvalue weighted by atomic mass is 19.4. The molecule has 0 bridgehead atoms. The van der Waals surface area contributed by atoms with Crippen LogP contribution >= 0.6 is 0 Å². The molecule has 0 aromatic rings. The van der Waals surface area contributed by atoms with Gasteiger partial charge >= 0.3 is 6.18 Å². The van der Waals surface area contributed by atoms with Gasteiger partial charge in [-0.25, -0.2) is 0 Å². The Bertz CT molecular complexity index is 368. The first-order chi connectivity index (χ1) is 10.4. The molecular weight excluding hydrogens is 297 g/mol. The van der Waals surface area contributed by atoms with Crippen molar-refractivity contribution in [1.29, 1.82) is 0 Å².